The van der Waals surface area contributed by atoms with E-state index in [-0.39, 0.29) is 0 Å². The molecule has 0 atom stereocenters. The first-order valence-corrected chi connectivity index (χ1v) is 6.30. The van der Waals surface area contributed by atoms with Crippen LogP contribution in [0.15, 0.2) is 24.3 Å². The number of hydrogen-bond donors (Lipinski definition) is 1. The van der Waals surface area contributed by atoms with Gasteiger partial charge in [0, 0.05) is 19.7 Å². The van der Waals surface area contributed by atoms with Crippen molar-refractivity contribution in [2.24, 2.45) is 0 Å². The molecule has 0 amide bonds. The van der Waals surface area contributed by atoms with E-state index in [9.17, 15) is 0 Å². The standard InChI is InChI=1S/C14H21NO/c16-11-5-1-4-9-15-10-8-13-6-2-3-7-14(13)12-15/h2-3,6-7,16H,1,4-5,8-12H2. The van der Waals surface area contributed by atoms with Crippen LogP contribution in [0.3, 0.4) is 0 Å². The van der Waals surface area contributed by atoms with Crippen molar-refractivity contribution in [3.05, 3.63) is 35.4 Å². The average Bonchev–Trinajstić information content (AvgIpc) is 2.34. The van der Waals surface area contributed by atoms with Crippen LogP contribution in [0.5, 0.6) is 0 Å². The van der Waals surface area contributed by atoms with Crippen molar-refractivity contribution in [2.75, 3.05) is 19.7 Å². The predicted octanol–water partition coefficient (Wildman–Crippen LogP) is 2.21. The van der Waals surface area contributed by atoms with Crippen LogP contribution in [0, 0.1) is 0 Å². The van der Waals surface area contributed by atoms with E-state index >= 15 is 0 Å². The fourth-order valence-electron chi connectivity index (χ4n) is 2.37. The molecule has 0 saturated carbocycles. The monoisotopic (exact) mass is 219 g/mol. The number of aliphatic hydroxyl groups is 1. The minimum Gasteiger partial charge on any atom is -0.396 e. The van der Waals surface area contributed by atoms with Crippen molar-refractivity contribution >= 4 is 0 Å². The van der Waals surface area contributed by atoms with Crippen LogP contribution in [0.25, 0.3) is 0 Å². The maximum atomic E-state index is 8.72. The Labute approximate surface area is 97.9 Å². The molecule has 1 aromatic rings. The molecule has 0 spiro atoms. The van der Waals surface area contributed by atoms with Crippen molar-refractivity contribution in [3.63, 3.8) is 0 Å². The second kappa shape index (κ2) is 6.02. The molecular weight excluding hydrogens is 198 g/mol. The highest BCUT2D eigenvalue weighted by Gasteiger charge is 2.14. The molecule has 88 valence electrons. The highest BCUT2D eigenvalue weighted by Crippen LogP contribution is 2.18. The van der Waals surface area contributed by atoms with Gasteiger partial charge in [0.05, 0.1) is 0 Å². The molecule has 0 aliphatic carbocycles. The Balaban J connectivity index is 1.79. The molecule has 1 aromatic carbocycles. The summed E-state index contributed by atoms with van der Waals surface area (Å²) in [4.78, 5) is 2.53. The smallest absolute Gasteiger partial charge is 0.0431 e. The SMILES string of the molecule is OCCCCCN1CCc2ccccc2C1. The maximum absolute atomic E-state index is 8.72. The molecular formula is C14H21NO. The van der Waals surface area contributed by atoms with Gasteiger partial charge in [0.1, 0.15) is 0 Å². The highest BCUT2D eigenvalue weighted by atomic mass is 16.2. The zero-order valence-corrected chi connectivity index (χ0v) is 9.86. The summed E-state index contributed by atoms with van der Waals surface area (Å²) in [7, 11) is 0. The Morgan fingerprint density at radius 1 is 1.06 bits per heavy atom. The zero-order valence-electron chi connectivity index (χ0n) is 9.86. The Morgan fingerprint density at radius 2 is 1.88 bits per heavy atom. The number of rotatable bonds is 5. The quantitative estimate of drug-likeness (QED) is 0.767. The second-order valence-corrected chi connectivity index (χ2v) is 4.58. The van der Waals surface area contributed by atoms with E-state index in [1.165, 1.54) is 37.1 Å². The van der Waals surface area contributed by atoms with Gasteiger partial charge in [0.2, 0.25) is 0 Å². The van der Waals surface area contributed by atoms with E-state index in [1.54, 1.807) is 0 Å². The van der Waals surface area contributed by atoms with Crippen LogP contribution in [-0.4, -0.2) is 29.7 Å². The molecule has 1 aliphatic rings. The first-order chi connectivity index (χ1) is 7.90. The third-order valence-corrected chi connectivity index (χ3v) is 3.34. The summed E-state index contributed by atoms with van der Waals surface area (Å²) >= 11 is 0. The summed E-state index contributed by atoms with van der Waals surface area (Å²) in [6.45, 7) is 3.81. The molecule has 1 N–H and O–H groups in total. The van der Waals surface area contributed by atoms with Gasteiger partial charge in [-0.2, -0.15) is 0 Å². The molecule has 0 fully saturated rings. The van der Waals surface area contributed by atoms with Crippen molar-refractivity contribution in [1.82, 2.24) is 4.90 Å². The molecule has 2 heteroatoms. The summed E-state index contributed by atoms with van der Waals surface area (Å²) in [5, 5.41) is 8.72. The molecule has 0 radical (unpaired) electrons. The molecule has 0 bridgehead atoms. The van der Waals surface area contributed by atoms with Gasteiger partial charge in [-0.1, -0.05) is 24.3 Å². The fourth-order valence-corrected chi connectivity index (χ4v) is 2.37. The minimum absolute atomic E-state index is 0.336. The van der Waals surface area contributed by atoms with Gasteiger partial charge in [-0.15, -0.1) is 0 Å². The van der Waals surface area contributed by atoms with Crippen molar-refractivity contribution < 1.29 is 5.11 Å². The van der Waals surface area contributed by atoms with Crippen LogP contribution >= 0.6 is 0 Å². The summed E-state index contributed by atoms with van der Waals surface area (Å²) in [6.07, 6.45) is 4.50. The number of hydrogen-bond acceptors (Lipinski definition) is 2. The molecule has 0 unspecified atom stereocenters. The van der Waals surface area contributed by atoms with Crippen molar-refractivity contribution in [3.8, 4) is 0 Å². The number of fused-ring (bicyclic) bond motifs is 1. The summed E-state index contributed by atoms with van der Waals surface area (Å²) < 4.78 is 0. The van der Waals surface area contributed by atoms with E-state index in [4.69, 9.17) is 5.11 Å². The Kier molecular flexibility index (Phi) is 4.37. The van der Waals surface area contributed by atoms with Crippen LogP contribution in [0.1, 0.15) is 30.4 Å². The lowest BCUT2D eigenvalue weighted by molar-refractivity contribution is 0.239. The number of unbranched alkanes of at least 4 members (excludes halogenated alkanes) is 2. The summed E-state index contributed by atoms with van der Waals surface area (Å²) in [5.41, 5.74) is 3.02. The van der Waals surface area contributed by atoms with Gasteiger partial charge in [-0.05, 0) is 43.4 Å². The lowest BCUT2D eigenvalue weighted by Crippen LogP contribution is -2.31. The molecule has 2 rings (SSSR count). The van der Waals surface area contributed by atoms with Gasteiger partial charge in [0.25, 0.3) is 0 Å². The second-order valence-electron chi connectivity index (χ2n) is 4.58. The van der Waals surface area contributed by atoms with Gasteiger partial charge < -0.3 is 5.11 Å². The van der Waals surface area contributed by atoms with Crippen LogP contribution in [-0.2, 0) is 13.0 Å². The number of benzene rings is 1. The lowest BCUT2D eigenvalue weighted by Gasteiger charge is -2.28. The van der Waals surface area contributed by atoms with E-state index < -0.39 is 0 Å². The van der Waals surface area contributed by atoms with E-state index in [1.807, 2.05) is 0 Å². The van der Waals surface area contributed by atoms with E-state index in [0.717, 1.165) is 19.4 Å². The van der Waals surface area contributed by atoms with Crippen molar-refractivity contribution in [2.45, 2.75) is 32.2 Å². The zero-order chi connectivity index (χ0) is 11.2. The predicted molar refractivity (Wildman–Crippen MR) is 66.4 cm³/mol. The maximum Gasteiger partial charge on any atom is 0.0431 e. The Bertz CT molecular complexity index is 324. The van der Waals surface area contributed by atoms with E-state index in [2.05, 4.69) is 29.2 Å². The van der Waals surface area contributed by atoms with Gasteiger partial charge in [-0.25, -0.2) is 0 Å². The fraction of sp³-hybridized carbons (Fsp3) is 0.571. The highest BCUT2D eigenvalue weighted by molar-refractivity contribution is 5.28. The van der Waals surface area contributed by atoms with Crippen molar-refractivity contribution in [1.29, 1.82) is 0 Å². The van der Waals surface area contributed by atoms with Gasteiger partial charge in [-0.3, -0.25) is 4.90 Å². The van der Waals surface area contributed by atoms with Gasteiger partial charge >= 0.3 is 0 Å². The summed E-state index contributed by atoms with van der Waals surface area (Å²) in [6, 6.07) is 8.76. The molecule has 1 heterocycles. The normalized spacial score (nSPS) is 16.1. The third-order valence-electron chi connectivity index (χ3n) is 3.34. The molecule has 1 aliphatic heterocycles. The molecule has 0 saturated heterocycles. The van der Waals surface area contributed by atoms with Crippen LogP contribution in [0.4, 0.5) is 0 Å². The minimum atomic E-state index is 0.336. The topological polar surface area (TPSA) is 23.5 Å². The molecule has 2 nitrogen and oxygen atoms in total. The van der Waals surface area contributed by atoms with E-state index in [0.29, 0.717) is 6.61 Å². The number of nitrogens with zero attached hydrogens (tertiary/aromatic N) is 1. The first kappa shape index (κ1) is 11.6. The summed E-state index contributed by atoms with van der Waals surface area (Å²) in [5.74, 6) is 0. The number of aliphatic hydroxyl groups excluding tert-OH is 1. The Hall–Kier alpha value is -0.860. The Morgan fingerprint density at radius 3 is 2.69 bits per heavy atom. The molecule has 16 heavy (non-hydrogen) atoms. The first-order valence-electron chi connectivity index (χ1n) is 6.30. The largest absolute Gasteiger partial charge is 0.396 e. The average molecular weight is 219 g/mol. The van der Waals surface area contributed by atoms with Crippen LogP contribution in [0.2, 0.25) is 0 Å². The third kappa shape index (κ3) is 3.06. The molecule has 0 aromatic heterocycles. The lowest BCUT2D eigenvalue weighted by atomic mass is 10.00. The van der Waals surface area contributed by atoms with Gasteiger partial charge in [0.15, 0.2) is 0 Å². The van der Waals surface area contributed by atoms with Crippen LogP contribution < -0.4 is 0 Å².